The molecule has 0 saturated heterocycles. The molecule has 3 N–H and O–H groups in total. The molecule has 22 heavy (non-hydrogen) atoms. The number of halogens is 1. The maximum Gasteiger partial charge on any atom is 0.272 e. The second-order valence-corrected chi connectivity index (χ2v) is 4.70. The molecule has 0 radical (unpaired) electrons. The molecule has 0 aromatic heterocycles. The number of carbonyl (C=O) groups excluding carboxylic acids is 1. The molecular formula is C14H11ClN4O3. The minimum atomic E-state index is -0.625. The molecule has 7 nitrogen and oxygen atoms in total. The van der Waals surface area contributed by atoms with Gasteiger partial charge in [0.05, 0.1) is 16.7 Å². The Balaban J connectivity index is 2.13. The smallest absolute Gasteiger partial charge is 0.272 e. The fourth-order valence-electron chi connectivity index (χ4n) is 1.68. The van der Waals surface area contributed by atoms with Crippen molar-refractivity contribution in [1.29, 1.82) is 0 Å². The van der Waals surface area contributed by atoms with Gasteiger partial charge in [0.1, 0.15) is 0 Å². The molecule has 2 rings (SSSR count). The zero-order valence-electron chi connectivity index (χ0n) is 11.2. The number of carbonyl (C=O) groups is 1. The fraction of sp³-hybridized carbons (Fsp3) is 0. The van der Waals surface area contributed by atoms with Crippen LogP contribution in [-0.2, 0) is 0 Å². The third-order valence-electron chi connectivity index (χ3n) is 2.69. The summed E-state index contributed by atoms with van der Waals surface area (Å²) >= 11 is 5.94. The first-order valence-corrected chi connectivity index (χ1v) is 6.48. The van der Waals surface area contributed by atoms with Crippen molar-refractivity contribution in [2.24, 2.45) is 5.10 Å². The van der Waals surface area contributed by atoms with Gasteiger partial charge < -0.3 is 5.73 Å². The number of nitrogens with zero attached hydrogens (tertiary/aromatic N) is 2. The minimum absolute atomic E-state index is 0.0445. The van der Waals surface area contributed by atoms with Crippen LogP contribution in [0.4, 0.5) is 11.4 Å². The second kappa shape index (κ2) is 6.68. The highest BCUT2D eigenvalue weighted by molar-refractivity contribution is 6.33. The highest BCUT2D eigenvalue weighted by Crippen LogP contribution is 2.18. The van der Waals surface area contributed by atoms with Gasteiger partial charge in [0.25, 0.3) is 11.6 Å². The molecule has 0 aliphatic rings. The van der Waals surface area contributed by atoms with Crippen LogP contribution in [0.15, 0.2) is 47.6 Å². The summed E-state index contributed by atoms with van der Waals surface area (Å²) < 4.78 is 0. The number of rotatable bonds is 4. The molecule has 0 aliphatic heterocycles. The Kier molecular flexibility index (Phi) is 4.70. The summed E-state index contributed by atoms with van der Waals surface area (Å²) in [6.07, 6.45) is 1.38. The van der Waals surface area contributed by atoms with E-state index in [1.807, 2.05) is 0 Å². The molecule has 2 aromatic carbocycles. The molecule has 0 heterocycles. The van der Waals surface area contributed by atoms with E-state index in [9.17, 15) is 14.9 Å². The first kappa shape index (κ1) is 15.5. The Hall–Kier alpha value is -2.93. The minimum Gasteiger partial charge on any atom is -0.399 e. The van der Waals surface area contributed by atoms with Crippen molar-refractivity contribution in [2.75, 3.05) is 5.73 Å². The van der Waals surface area contributed by atoms with E-state index in [4.69, 9.17) is 17.3 Å². The molecule has 112 valence electrons. The summed E-state index contributed by atoms with van der Waals surface area (Å²) in [4.78, 5) is 22.0. The van der Waals surface area contributed by atoms with Crippen LogP contribution in [0.25, 0.3) is 0 Å². The van der Waals surface area contributed by atoms with Crippen LogP contribution in [0.2, 0.25) is 5.02 Å². The topological polar surface area (TPSA) is 111 Å². The van der Waals surface area contributed by atoms with Crippen LogP contribution >= 0.6 is 11.6 Å². The Morgan fingerprint density at radius 1 is 1.32 bits per heavy atom. The number of nitrogen functional groups attached to an aromatic ring is 1. The summed E-state index contributed by atoms with van der Waals surface area (Å²) in [5, 5.41) is 15.0. The molecule has 0 atom stereocenters. The lowest BCUT2D eigenvalue weighted by Gasteiger charge is -2.02. The highest BCUT2D eigenvalue weighted by Gasteiger charge is 2.13. The zero-order valence-corrected chi connectivity index (χ0v) is 11.9. The van der Waals surface area contributed by atoms with Crippen LogP contribution in [0, 0.1) is 10.1 Å². The highest BCUT2D eigenvalue weighted by atomic mass is 35.5. The predicted octanol–water partition coefficient (Wildman–Crippen LogP) is 2.59. The van der Waals surface area contributed by atoms with Crippen molar-refractivity contribution in [3.63, 3.8) is 0 Å². The normalized spacial score (nSPS) is 10.6. The number of anilines is 1. The molecule has 0 saturated carbocycles. The first-order valence-electron chi connectivity index (χ1n) is 6.10. The maximum absolute atomic E-state index is 11.9. The summed E-state index contributed by atoms with van der Waals surface area (Å²) in [7, 11) is 0. The number of hydrazone groups is 1. The van der Waals surface area contributed by atoms with Gasteiger partial charge in [-0.3, -0.25) is 14.9 Å². The number of non-ortho nitro benzene ring substituents is 1. The Bertz CT molecular complexity index is 762. The van der Waals surface area contributed by atoms with E-state index in [-0.39, 0.29) is 16.9 Å². The van der Waals surface area contributed by atoms with Gasteiger partial charge in [-0.25, -0.2) is 5.43 Å². The van der Waals surface area contributed by atoms with Gasteiger partial charge in [-0.15, -0.1) is 0 Å². The average Bonchev–Trinajstić information content (AvgIpc) is 2.48. The average molecular weight is 319 g/mol. The van der Waals surface area contributed by atoms with Crippen LogP contribution in [0.3, 0.4) is 0 Å². The monoisotopic (exact) mass is 318 g/mol. The van der Waals surface area contributed by atoms with Crippen LogP contribution in [-0.4, -0.2) is 17.0 Å². The Labute approximate surface area is 130 Å². The number of nitro benzene ring substituents is 1. The van der Waals surface area contributed by atoms with E-state index in [1.165, 1.54) is 18.3 Å². The van der Waals surface area contributed by atoms with Crippen LogP contribution in [0.5, 0.6) is 0 Å². The number of benzene rings is 2. The predicted molar refractivity (Wildman–Crippen MR) is 84.0 cm³/mol. The van der Waals surface area contributed by atoms with Gasteiger partial charge in [0.2, 0.25) is 0 Å². The van der Waals surface area contributed by atoms with E-state index in [0.717, 1.165) is 6.07 Å². The Morgan fingerprint density at radius 2 is 2.05 bits per heavy atom. The quantitative estimate of drug-likeness (QED) is 0.390. The summed E-state index contributed by atoms with van der Waals surface area (Å²) in [6, 6.07) is 10.6. The summed E-state index contributed by atoms with van der Waals surface area (Å²) in [6.45, 7) is 0. The van der Waals surface area contributed by atoms with Gasteiger partial charge in [0.15, 0.2) is 0 Å². The van der Waals surface area contributed by atoms with E-state index in [2.05, 4.69) is 10.5 Å². The molecule has 1 amide bonds. The molecule has 0 unspecified atom stereocenters. The summed E-state index contributed by atoms with van der Waals surface area (Å²) in [5.41, 5.74) is 8.32. The zero-order chi connectivity index (χ0) is 16.1. The SMILES string of the molecule is Nc1cc(C(=O)NN=Cc2ccccc2Cl)cc([N+](=O)[O-])c1. The molecule has 8 heteroatoms. The Morgan fingerprint density at radius 3 is 2.73 bits per heavy atom. The van der Waals surface area contributed by atoms with Crippen LogP contribution in [0.1, 0.15) is 15.9 Å². The van der Waals surface area contributed by atoms with E-state index in [1.54, 1.807) is 24.3 Å². The van der Waals surface area contributed by atoms with Crippen molar-refractivity contribution in [3.05, 3.63) is 68.7 Å². The van der Waals surface area contributed by atoms with Gasteiger partial charge in [-0.05, 0) is 12.1 Å². The second-order valence-electron chi connectivity index (χ2n) is 4.29. The van der Waals surface area contributed by atoms with Crippen molar-refractivity contribution in [2.45, 2.75) is 0 Å². The molecular weight excluding hydrogens is 308 g/mol. The standard InChI is InChI=1S/C14H11ClN4O3/c15-13-4-2-1-3-9(13)8-17-18-14(20)10-5-11(16)7-12(6-10)19(21)22/h1-8H,16H2,(H,18,20). The lowest BCUT2D eigenvalue weighted by Crippen LogP contribution is -2.18. The van der Waals surface area contributed by atoms with Crippen molar-refractivity contribution >= 4 is 35.1 Å². The van der Waals surface area contributed by atoms with Gasteiger partial charge in [-0.1, -0.05) is 29.8 Å². The number of amides is 1. The molecule has 2 aromatic rings. The lowest BCUT2D eigenvalue weighted by atomic mass is 10.1. The van der Waals surface area contributed by atoms with Crippen LogP contribution < -0.4 is 11.2 Å². The van der Waals surface area contributed by atoms with Crippen molar-refractivity contribution in [3.8, 4) is 0 Å². The fourth-order valence-corrected chi connectivity index (χ4v) is 1.86. The summed E-state index contributed by atoms with van der Waals surface area (Å²) in [5.74, 6) is -0.612. The number of hydrogen-bond acceptors (Lipinski definition) is 5. The number of nitrogens with two attached hydrogens (primary N) is 1. The van der Waals surface area contributed by atoms with E-state index >= 15 is 0 Å². The third kappa shape index (κ3) is 3.80. The van der Waals surface area contributed by atoms with Gasteiger partial charge in [0, 0.05) is 28.4 Å². The number of hydrogen-bond donors (Lipinski definition) is 2. The lowest BCUT2D eigenvalue weighted by molar-refractivity contribution is -0.384. The molecule has 0 bridgehead atoms. The maximum atomic E-state index is 11.9. The molecule has 0 spiro atoms. The van der Waals surface area contributed by atoms with Crippen molar-refractivity contribution in [1.82, 2.24) is 5.43 Å². The van der Waals surface area contributed by atoms with E-state index < -0.39 is 10.8 Å². The largest absolute Gasteiger partial charge is 0.399 e. The van der Waals surface area contributed by atoms with Gasteiger partial charge >= 0.3 is 0 Å². The van der Waals surface area contributed by atoms with Crippen molar-refractivity contribution < 1.29 is 9.72 Å². The third-order valence-corrected chi connectivity index (χ3v) is 3.03. The number of nitro groups is 1. The molecule has 0 aliphatic carbocycles. The molecule has 0 fully saturated rings. The number of nitrogens with one attached hydrogen (secondary N) is 1. The van der Waals surface area contributed by atoms with E-state index in [0.29, 0.717) is 10.6 Å². The van der Waals surface area contributed by atoms with Gasteiger partial charge in [-0.2, -0.15) is 5.10 Å². The first-order chi connectivity index (χ1) is 10.5.